The number of hydrogen-bond donors (Lipinski definition) is 2. The summed E-state index contributed by atoms with van der Waals surface area (Å²) in [5.74, 6) is -0.981. The average Bonchev–Trinajstić information content (AvgIpc) is 2.94. The summed E-state index contributed by atoms with van der Waals surface area (Å²) in [5.41, 5.74) is 0.975. The average molecular weight is 329 g/mol. The van der Waals surface area contributed by atoms with E-state index in [1.54, 1.807) is 24.3 Å². The molecule has 7 heteroatoms. The maximum Gasteiger partial charge on any atom is 0.349 e. The summed E-state index contributed by atoms with van der Waals surface area (Å²) in [4.78, 5) is 39.5. The molecule has 1 aromatic rings. The summed E-state index contributed by atoms with van der Waals surface area (Å²) in [5, 5.41) is 5.72. The molecule has 4 unspecified atom stereocenters. The van der Waals surface area contributed by atoms with Crippen LogP contribution in [0.1, 0.15) is 19.3 Å². The fraction of sp³-hybridized carbons (Fsp3) is 0.529. The number of ketones is 1. The number of piperidine rings is 2. The maximum absolute atomic E-state index is 12.4. The largest absolute Gasteiger partial charge is 0.349 e. The first-order valence-electron chi connectivity index (χ1n) is 8.52. The number of hydrogen-bond acceptors (Lipinski definition) is 5. The topological polar surface area (TPSA) is 81.5 Å². The minimum atomic E-state index is -1.17. The van der Waals surface area contributed by atoms with E-state index in [1.807, 2.05) is 0 Å². The van der Waals surface area contributed by atoms with Crippen molar-refractivity contribution in [1.29, 1.82) is 0 Å². The van der Waals surface area contributed by atoms with Gasteiger partial charge in [0.1, 0.15) is 5.69 Å². The van der Waals surface area contributed by atoms with Crippen LogP contribution in [0.25, 0.3) is 0 Å². The molecule has 1 aromatic carbocycles. The summed E-state index contributed by atoms with van der Waals surface area (Å²) in [7, 11) is 0. The zero-order valence-electron chi connectivity index (χ0n) is 13.4. The quantitative estimate of drug-likeness (QED) is 0.639. The predicted octanol–water partition coefficient (Wildman–Crippen LogP) is 1.02. The Morgan fingerprint density at radius 2 is 2.04 bits per heavy atom. The highest BCUT2D eigenvalue weighted by atomic mass is 16.3. The van der Waals surface area contributed by atoms with Gasteiger partial charge in [0.2, 0.25) is 0 Å². The molecule has 0 radical (unpaired) electrons. The number of nitroso groups, excluding NO2 is 1. The van der Waals surface area contributed by atoms with Gasteiger partial charge in [0, 0.05) is 30.1 Å². The summed E-state index contributed by atoms with van der Waals surface area (Å²) in [6.07, 6.45) is 1.91. The molecule has 7 nitrogen and oxygen atoms in total. The van der Waals surface area contributed by atoms with Crippen molar-refractivity contribution in [2.75, 3.05) is 25.0 Å². The lowest BCUT2D eigenvalue weighted by molar-refractivity contribution is -0.474. The van der Waals surface area contributed by atoms with Crippen molar-refractivity contribution in [1.82, 2.24) is 10.2 Å². The zero-order valence-corrected chi connectivity index (χ0v) is 13.4. The van der Waals surface area contributed by atoms with Crippen LogP contribution in [0.4, 0.5) is 11.4 Å². The minimum Gasteiger partial charge on any atom is -0.346 e. The standard InChI is InChI=1S/C17H20N4O3/c22-15(16-18-13-5-1-2-6-14(13)21(16)24)17(23)19-12-7-9-20-8-3-4-11(12)10-20/h1-2,5-6,11-12,16H,3-4,7-10H2,(H-,18,19,23,24)/p+1. The molecular formula is C17H21N4O3+. The van der Waals surface area contributed by atoms with Crippen LogP contribution >= 0.6 is 0 Å². The SMILES string of the molecule is O=C(NC1CCN2CCCC1C2)C(=O)C1Nc2ccccc2[N+]1=O. The minimum absolute atomic E-state index is 0.0295. The van der Waals surface area contributed by atoms with Crippen molar-refractivity contribution in [3.05, 3.63) is 29.2 Å². The van der Waals surface area contributed by atoms with E-state index >= 15 is 0 Å². The summed E-state index contributed by atoms with van der Waals surface area (Å²) < 4.78 is 0.584. The van der Waals surface area contributed by atoms with E-state index in [0.29, 0.717) is 22.1 Å². The first-order chi connectivity index (χ1) is 11.6. The van der Waals surface area contributed by atoms with Crippen LogP contribution in [0.2, 0.25) is 0 Å². The smallest absolute Gasteiger partial charge is 0.346 e. The van der Waals surface area contributed by atoms with E-state index in [9.17, 15) is 14.5 Å². The molecule has 24 heavy (non-hydrogen) atoms. The van der Waals surface area contributed by atoms with Gasteiger partial charge in [0.05, 0.1) is 4.76 Å². The Morgan fingerprint density at radius 3 is 2.88 bits per heavy atom. The van der Waals surface area contributed by atoms with Crippen molar-refractivity contribution in [2.45, 2.75) is 31.5 Å². The van der Waals surface area contributed by atoms with Crippen molar-refractivity contribution < 1.29 is 14.3 Å². The molecule has 0 aromatic heterocycles. The molecule has 3 aliphatic heterocycles. The Kier molecular flexibility index (Phi) is 3.80. The highest BCUT2D eigenvalue weighted by molar-refractivity contribution is 6.38. The molecular weight excluding hydrogens is 308 g/mol. The highest BCUT2D eigenvalue weighted by Crippen LogP contribution is 2.32. The second-order valence-electron chi connectivity index (χ2n) is 6.83. The molecule has 4 atom stereocenters. The van der Waals surface area contributed by atoms with Crippen molar-refractivity contribution in [3.63, 3.8) is 0 Å². The molecule has 0 aliphatic carbocycles. The fourth-order valence-corrected chi connectivity index (χ4v) is 4.04. The number of nitrogens with zero attached hydrogens (tertiary/aromatic N) is 2. The number of fused-ring (bicyclic) bond motifs is 3. The first-order valence-corrected chi connectivity index (χ1v) is 8.52. The van der Waals surface area contributed by atoms with Crippen LogP contribution in [-0.4, -0.2) is 53.2 Å². The molecule has 126 valence electrons. The third kappa shape index (κ3) is 2.58. The molecule has 2 N–H and O–H groups in total. The van der Waals surface area contributed by atoms with Crippen LogP contribution in [0.5, 0.6) is 0 Å². The monoisotopic (exact) mass is 329 g/mol. The zero-order chi connectivity index (χ0) is 16.7. The molecule has 4 rings (SSSR count). The number of benzene rings is 1. The highest BCUT2D eigenvalue weighted by Gasteiger charge is 2.47. The van der Waals surface area contributed by atoms with Crippen LogP contribution in [0, 0.1) is 10.8 Å². The fourth-order valence-electron chi connectivity index (χ4n) is 4.04. The number of rotatable bonds is 3. The van der Waals surface area contributed by atoms with E-state index in [1.165, 1.54) is 0 Å². The van der Waals surface area contributed by atoms with Gasteiger partial charge in [0.25, 0.3) is 11.6 Å². The van der Waals surface area contributed by atoms with E-state index in [0.717, 1.165) is 38.9 Å². The van der Waals surface area contributed by atoms with Gasteiger partial charge >= 0.3 is 11.9 Å². The number of nitrogens with one attached hydrogen (secondary N) is 2. The second-order valence-corrected chi connectivity index (χ2v) is 6.83. The molecule has 3 heterocycles. The van der Waals surface area contributed by atoms with Gasteiger partial charge in [-0.1, -0.05) is 12.1 Å². The molecule has 2 bridgehead atoms. The third-order valence-electron chi connectivity index (χ3n) is 5.32. The number of carbonyl (C=O) groups is 2. The van der Waals surface area contributed by atoms with Crippen molar-refractivity contribution >= 4 is 23.1 Å². The predicted molar refractivity (Wildman–Crippen MR) is 87.9 cm³/mol. The second kappa shape index (κ2) is 5.98. The van der Waals surface area contributed by atoms with E-state index < -0.39 is 17.9 Å². The number of Topliss-reactive ketones (excluding diaryl/α,β-unsaturated/α-hetero) is 1. The number of carbonyl (C=O) groups excluding carboxylic acids is 2. The lowest BCUT2D eigenvalue weighted by atomic mass is 9.85. The Hall–Kier alpha value is -2.28. The number of amides is 1. The Balaban J connectivity index is 1.42. The first kappa shape index (κ1) is 15.3. The summed E-state index contributed by atoms with van der Waals surface area (Å²) in [6.45, 7) is 3.07. The third-order valence-corrected chi connectivity index (χ3v) is 5.32. The maximum atomic E-state index is 12.4. The van der Waals surface area contributed by atoms with Gasteiger partial charge in [-0.2, -0.15) is 0 Å². The summed E-state index contributed by atoms with van der Waals surface area (Å²) in [6, 6.07) is 6.90. The molecule has 0 spiro atoms. The van der Waals surface area contributed by atoms with E-state index in [2.05, 4.69) is 15.5 Å². The van der Waals surface area contributed by atoms with Crippen LogP contribution in [0.15, 0.2) is 24.3 Å². The van der Waals surface area contributed by atoms with Crippen LogP contribution in [0.3, 0.4) is 0 Å². The molecule has 2 fully saturated rings. The molecule has 1 amide bonds. The van der Waals surface area contributed by atoms with Crippen molar-refractivity contribution in [2.24, 2.45) is 5.92 Å². The Morgan fingerprint density at radius 1 is 1.21 bits per heavy atom. The lowest BCUT2D eigenvalue weighted by Gasteiger charge is -2.42. The van der Waals surface area contributed by atoms with Gasteiger partial charge < -0.3 is 15.5 Å². The van der Waals surface area contributed by atoms with Crippen LogP contribution < -0.4 is 10.6 Å². The van der Waals surface area contributed by atoms with Gasteiger partial charge in [-0.15, -0.1) is 0 Å². The van der Waals surface area contributed by atoms with Gasteiger partial charge in [-0.3, -0.25) is 9.59 Å². The Labute approximate surface area is 140 Å². The number of para-hydroxylation sites is 2. The molecule has 2 saturated heterocycles. The normalized spacial score (nSPS) is 31.1. The molecule has 0 saturated carbocycles. The van der Waals surface area contributed by atoms with E-state index in [4.69, 9.17) is 0 Å². The lowest BCUT2D eigenvalue weighted by Crippen LogP contribution is -2.56. The van der Waals surface area contributed by atoms with Gasteiger partial charge in [-0.25, -0.2) is 0 Å². The molecule has 3 aliphatic rings. The van der Waals surface area contributed by atoms with Crippen LogP contribution in [-0.2, 0) is 9.59 Å². The summed E-state index contributed by atoms with van der Waals surface area (Å²) >= 11 is 0. The van der Waals surface area contributed by atoms with Gasteiger partial charge in [-0.05, 0) is 37.8 Å². The van der Waals surface area contributed by atoms with E-state index in [-0.39, 0.29) is 6.04 Å². The Bertz CT molecular complexity index is 705. The van der Waals surface area contributed by atoms with Gasteiger partial charge in [0.15, 0.2) is 0 Å². The van der Waals surface area contributed by atoms with Crippen molar-refractivity contribution in [3.8, 4) is 0 Å². The number of anilines is 1.